The van der Waals surface area contributed by atoms with Gasteiger partial charge in [-0.2, -0.15) is 0 Å². The van der Waals surface area contributed by atoms with Crippen LogP contribution in [0.25, 0.3) is 0 Å². The predicted octanol–water partition coefficient (Wildman–Crippen LogP) is 2.70. The number of carbonyl (C=O) groups excluding carboxylic acids is 1. The third-order valence-corrected chi connectivity index (χ3v) is 4.16. The number of pyridine rings is 1. The predicted molar refractivity (Wildman–Crippen MR) is 81.5 cm³/mol. The van der Waals surface area contributed by atoms with Gasteiger partial charge in [-0.15, -0.1) is 0 Å². The summed E-state index contributed by atoms with van der Waals surface area (Å²) >= 11 is 5.91. The molecule has 0 fully saturated rings. The summed E-state index contributed by atoms with van der Waals surface area (Å²) in [5, 5.41) is 2.79. The van der Waals surface area contributed by atoms with Crippen LogP contribution in [0.2, 0.25) is 5.15 Å². The van der Waals surface area contributed by atoms with Crippen molar-refractivity contribution in [1.29, 1.82) is 0 Å². The van der Waals surface area contributed by atoms with Gasteiger partial charge < -0.3 is 5.32 Å². The van der Waals surface area contributed by atoms with Gasteiger partial charge in [0.2, 0.25) is 0 Å². The molecule has 1 N–H and O–H groups in total. The number of aromatic nitrogens is 1. The van der Waals surface area contributed by atoms with Gasteiger partial charge in [-0.3, -0.25) is 4.79 Å². The molecule has 110 valence electrons. The highest BCUT2D eigenvalue weighted by Gasteiger charge is 2.13. The molecule has 2 rings (SSSR count). The molecule has 7 heteroatoms. The highest BCUT2D eigenvalue weighted by molar-refractivity contribution is 7.90. The number of aryl methyl sites for hydroxylation is 1. The van der Waals surface area contributed by atoms with Gasteiger partial charge in [-0.1, -0.05) is 17.7 Å². The summed E-state index contributed by atoms with van der Waals surface area (Å²) in [7, 11) is -3.36. The molecule has 0 saturated carbocycles. The first-order chi connectivity index (χ1) is 9.77. The van der Waals surface area contributed by atoms with Gasteiger partial charge in [0, 0.05) is 18.0 Å². The fourth-order valence-corrected chi connectivity index (χ4v) is 2.52. The van der Waals surface area contributed by atoms with Crippen LogP contribution in [0.5, 0.6) is 0 Å². The number of amides is 1. The minimum absolute atomic E-state index is 0.0867. The van der Waals surface area contributed by atoms with E-state index in [9.17, 15) is 13.2 Å². The number of hydrogen-bond donors (Lipinski definition) is 1. The van der Waals surface area contributed by atoms with Crippen molar-refractivity contribution in [3.8, 4) is 0 Å². The van der Waals surface area contributed by atoms with E-state index in [1.165, 1.54) is 24.3 Å². The first-order valence-corrected chi connectivity index (χ1v) is 8.28. The van der Waals surface area contributed by atoms with Gasteiger partial charge >= 0.3 is 0 Å². The molecular weight excluding hydrogens is 312 g/mol. The molecule has 2 aromatic rings. The van der Waals surface area contributed by atoms with E-state index in [0.717, 1.165) is 11.8 Å². The Morgan fingerprint density at radius 2 is 2.00 bits per heavy atom. The summed E-state index contributed by atoms with van der Waals surface area (Å²) in [5.74, 6) is -0.449. The van der Waals surface area contributed by atoms with Crippen molar-refractivity contribution < 1.29 is 13.2 Å². The Hall–Kier alpha value is -1.92. The molecule has 0 bridgehead atoms. The Balaban J connectivity index is 2.31. The van der Waals surface area contributed by atoms with E-state index in [-0.39, 0.29) is 15.6 Å². The molecule has 1 amide bonds. The second-order valence-electron chi connectivity index (χ2n) is 4.61. The summed E-state index contributed by atoms with van der Waals surface area (Å²) in [4.78, 5) is 16.2. The van der Waals surface area contributed by atoms with Gasteiger partial charge in [-0.05, 0) is 36.8 Å². The largest absolute Gasteiger partial charge is 0.319 e. The first kappa shape index (κ1) is 15.5. The van der Waals surface area contributed by atoms with Crippen molar-refractivity contribution in [3.63, 3.8) is 0 Å². The normalized spacial score (nSPS) is 11.2. The molecule has 0 saturated heterocycles. The van der Waals surface area contributed by atoms with Gasteiger partial charge in [0.1, 0.15) is 0 Å². The highest BCUT2D eigenvalue weighted by atomic mass is 35.5. The molecular formula is C14H13ClN2O3S. The number of halogens is 1. The van der Waals surface area contributed by atoms with Crippen LogP contribution in [0.15, 0.2) is 41.4 Å². The minimum Gasteiger partial charge on any atom is -0.319 e. The number of sulfone groups is 1. The SMILES string of the molecule is Cc1cnc(Cl)c(NC(=O)c2cccc(S(C)(=O)=O)c2)c1. The van der Waals surface area contributed by atoms with E-state index in [0.29, 0.717) is 5.69 Å². The van der Waals surface area contributed by atoms with Crippen LogP contribution in [-0.4, -0.2) is 25.6 Å². The van der Waals surface area contributed by atoms with Crippen LogP contribution in [0.3, 0.4) is 0 Å². The topological polar surface area (TPSA) is 76.1 Å². The fraction of sp³-hybridized carbons (Fsp3) is 0.143. The molecule has 1 aromatic carbocycles. The summed E-state index contributed by atoms with van der Waals surface area (Å²) in [6.07, 6.45) is 2.67. The van der Waals surface area contributed by atoms with Crippen LogP contribution >= 0.6 is 11.6 Å². The van der Waals surface area contributed by atoms with E-state index in [2.05, 4.69) is 10.3 Å². The Bertz CT molecular complexity index is 804. The third kappa shape index (κ3) is 3.80. The van der Waals surface area contributed by atoms with Crippen molar-refractivity contribution in [2.45, 2.75) is 11.8 Å². The standard InChI is InChI=1S/C14H13ClN2O3S/c1-9-6-12(13(15)16-8-9)17-14(18)10-4-3-5-11(7-10)21(2,19)20/h3-8H,1-2H3,(H,17,18). The smallest absolute Gasteiger partial charge is 0.255 e. The molecule has 0 unspecified atom stereocenters. The maximum absolute atomic E-state index is 12.2. The summed E-state index contributed by atoms with van der Waals surface area (Å²) in [6, 6.07) is 7.49. The Morgan fingerprint density at radius 1 is 1.29 bits per heavy atom. The molecule has 0 atom stereocenters. The maximum atomic E-state index is 12.2. The molecule has 5 nitrogen and oxygen atoms in total. The van der Waals surface area contributed by atoms with E-state index < -0.39 is 15.7 Å². The van der Waals surface area contributed by atoms with Crippen LogP contribution < -0.4 is 5.32 Å². The monoisotopic (exact) mass is 324 g/mol. The van der Waals surface area contributed by atoms with Crippen molar-refractivity contribution in [2.75, 3.05) is 11.6 Å². The molecule has 0 aliphatic heterocycles. The van der Waals surface area contributed by atoms with Gasteiger partial charge in [0.15, 0.2) is 15.0 Å². The van der Waals surface area contributed by atoms with Crippen LogP contribution in [-0.2, 0) is 9.84 Å². The number of carbonyl (C=O) groups is 1. The lowest BCUT2D eigenvalue weighted by atomic mass is 10.2. The molecule has 1 heterocycles. The minimum atomic E-state index is -3.36. The molecule has 1 aromatic heterocycles. The lowest BCUT2D eigenvalue weighted by Gasteiger charge is -2.08. The van der Waals surface area contributed by atoms with Crippen molar-refractivity contribution >= 4 is 33.0 Å². The van der Waals surface area contributed by atoms with E-state index in [1.54, 1.807) is 12.3 Å². The van der Waals surface area contributed by atoms with Crippen LogP contribution in [0.1, 0.15) is 15.9 Å². The molecule has 0 aliphatic rings. The zero-order valence-electron chi connectivity index (χ0n) is 11.4. The average Bonchev–Trinajstić information content (AvgIpc) is 2.42. The number of benzene rings is 1. The number of anilines is 1. The third-order valence-electron chi connectivity index (χ3n) is 2.75. The van der Waals surface area contributed by atoms with Crippen LogP contribution in [0, 0.1) is 6.92 Å². The fourth-order valence-electron chi connectivity index (χ4n) is 1.70. The maximum Gasteiger partial charge on any atom is 0.255 e. The summed E-state index contributed by atoms with van der Waals surface area (Å²) in [6.45, 7) is 1.82. The van der Waals surface area contributed by atoms with E-state index in [1.807, 2.05) is 6.92 Å². The zero-order chi connectivity index (χ0) is 15.6. The second kappa shape index (κ2) is 5.83. The van der Waals surface area contributed by atoms with E-state index in [4.69, 9.17) is 11.6 Å². The number of rotatable bonds is 3. The Labute approximate surface area is 127 Å². The lowest BCUT2D eigenvalue weighted by molar-refractivity contribution is 0.102. The molecule has 0 spiro atoms. The summed E-state index contributed by atoms with van der Waals surface area (Å²) < 4.78 is 23.0. The van der Waals surface area contributed by atoms with E-state index >= 15 is 0 Å². The van der Waals surface area contributed by atoms with Gasteiger partial charge in [0.05, 0.1) is 10.6 Å². The lowest BCUT2D eigenvalue weighted by Crippen LogP contribution is -2.13. The number of hydrogen-bond acceptors (Lipinski definition) is 4. The van der Waals surface area contributed by atoms with Gasteiger partial charge in [-0.25, -0.2) is 13.4 Å². The van der Waals surface area contributed by atoms with Crippen molar-refractivity contribution in [1.82, 2.24) is 4.98 Å². The second-order valence-corrected chi connectivity index (χ2v) is 6.98. The first-order valence-electron chi connectivity index (χ1n) is 6.01. The summed E-state index contributed by atoms with van der Waals surface area (Å²) in [5.41, 5.74) is 1.46. The molecule has 0 aliphatic carbocycles. The highest BCUT2D eigenvalue weighted by Crippen LogP contribution is 2.21. The molecule has 21 heavy (non-hydrogen) atoms. The Morgan fingerprint density at radius 3 is 2.67 bits per heavy atom. The average molecular weight is 325 g/mol. The van der Waals surface area contributed by atoms with Crippen LogP contribution in [0.4, 0.5) is 5.69 Å². The van der Waals surface area contributed by atoms with Crippen molar-refractivity contribution in [3.05, 3.63) is 52.8 Å². The number of nitrogens with one attached hydrogen (secondary N) is 1. The number of nitrogens with zero attached hydrogens (tertiary/aromatic N) is 1. The molecule has 0 radical (unpaired) electrons. The quantitative estimate of drug-likeness (QED) is 0.881. The zero-order valence-corrected chi connectivity index (χ0v) is 13.0. The van der Waals surface area contributed by atoms with Crippen molar-refractivity contribution in [2.24, 2.45) is 0 Å². The van der Waals surface area contributed by atoms with Gasteiger partial charge in [0.25, 0.3) is 5.91 Å². The Kier molecular flexibility index (Phi) is 4.29.